The molecule has 0 rings (SSSR count). The van der Waals surface area contributed by atoms with Gasteiger partial charge >= 0.3 is 0 Å². The molecule has 0 radical (unpaired) electrons. The third-order valence-electron chi connectivity index (χ3n) is 3.33. The van der Waals surface area contributed by atoms with Gasteiger partial charge in [-0.3, -0.25) is 4.90 Å². The molecule has 0 aromatic heterocycles. The molecule has 2 nitrogen and oxygen atoms in total. The Bertz CT molecular complexity index is 136. The summed E-state index contributed by atoms with van der Waals surface area (Å²) in [6.45, 7) is 12.2. The maximum absolute atomic E-state index is 5.87. The average Bonchev–Trinajstić information content (AvgIpc) is 2.27. The molecule has 0 aliphatic rings. The average molecular weight is 214 g/mol. The normalized spacial score (nSPS) is 15.6. The van der Waals surface area contributed by atoms with Crippen LogP contribution >= 0.6 is 0 Å². The number of nitrogens with two attached hydrogens (primary N) is 1. The molecule has 2 heteroatoms. The van der Waals surface area contributed by atoms with E-state index in [9.17, 15) is 0 Å². The summed E-state index contributed by atoms with van der Waals surface area (Å²) in [7, 11) is 0. The molecule has 0 saturated heterocycles. The van der Waals surface area contributed by atoms with Crippen LogP contribution < -0.4 is 5.73 Å². The maximum atomic E-state index is 5.87. The lowest BCUT2D eigenvalue weighted by molar-refractivity contribution is 0.171. The van der Waals surface area contributed by atoms with Gasteiger partial charge in [-0.15, -0.1) is 0 Å². The minimum Gasteiger partial charge on any atom is -0.329 e. The number of rotatable bonds is 9. The second kappa shape index (κ2) is 9.17. The van der Waals surface area contributed by atoms with Crippen molar-refractivity contribution in [3.63, 3.8) is 0 Å². The molecule has 0 saturated carbocycles. The largest absolute Gasteiger partial charge is 0.329 e. The number of hydrogen-bond donors (Lipinski definition) is 1. The van der Waals surface area contributed by atoms with E-state index in [1.807, 2.05) is 0 Å². The Morgan fingerprint density at radius 1 is 1.20 bits per heavy atom. The van der Waals surface area contributed by atoms with Crippen LogP contribution in [0.2, 0.25) is 0 Å². The van der Waals surface area contributed by atoms with Crippen molar-refractivity contribution in [1.29, 1.82) is 0 Å². The second-order valence-corrected chi connectivity index (χ2v) is 4.63. The van der Waals surface area contributed by atoms with Gasteiger partial charge in [0.25, 0.3) is 0 Å². The SMILES string of the molecule is CCCCC(CN)N(CC)CC(C)CC. The van der Waals surface area contributed by atoms with Crippen molar-refractivity contribution in [2.45, 2.75) is 59.4 Å². The topological polar surface area (TPSA) is 29.3 Å². The van der Waals surface area contributed by atoms with Crippen LogP contribution in [0.4, 0.5) is 0 Å². The van der Waals surface area contributed by atoms with Crippen LogP contribution in [-0.2, 0) is 0 Å². The van der Waals surface area contributed by atoms with Crippen LogP contribution in [0, 0.1) is 5.92 Å². The zero-order valence-corrected chi connectivity index (χ0v) is 11.1. The number of unbranched alkanes of at least 4 members (excludes halogenated alkanes) is 1. The lowest BCUT2D eigenvalue weighted by atomic mass is 10.0. The summed E-state index contributed by atoms with van der Waals surface area (Å²) in [6.07, 6.45) is 5.11. The Balaban J connectivity index is 4.07. The molecular weight excluding hydrogens is 184 g/mol. The van der Waals surface area contributed by atoms with E-state index in [0.29, 0.717) is 6.04 Å². The van der Waals surface area contributed by atoms with Gasteiger partial charge in [0.2, 0.25) is 0 Å². The predicted molar refractivity (Wildman–Crippen MR) is 69.1 cm³/mol. The summed E-state index contributed by atoms with van der Waals surface area (Å²) in [5, 5.41) is 0. The van der Waals surface area contributed by atoms with Crippen molar-refractivity contribution >= 4 is 0 Å². The minimum atomic E-state index is 0.601. The van der Waals surface area contributed by atoms with E-state index in [-0.39, 0.29) is 0 Å². The molecule has 92 valence electrons. The smallest absolute Gasteiger partial charge is 0.0218 e. The molecule has 0 spiro atoms. The fourth-order valence-electron chi connectivity index (χ4n) is 1.96. The molecule has 0 amide bonds. The molecule has 2 unspecified atom stereocenters. The predicted octanol–water partition coefficient (Wildman–Crippen LogP) is 2.87. The fraction of sp³-hybridized carbons (Fsp3) is 1.00. The van der Waals surface area contributed by atoms with Gasteiger partial charge in [0.1, 0.15) is 0 Å². The van der Waals surface area contributed by atoms with Crippen LogP contribution in [0.5, 0.6) is 0 Å². The Labute approximate surface area is 96.2 Å². The second-order valence-electron chi connectivity index (χ2n) is 4.63. The van der Waals surface area contributed by atoms with Gasteiger partial charge in [0.05, 0.1) is 0 Å². The van der Waals surface area contributed by atoms with Crippen molar-refractivity contribution in [3.05, 3.63) is 0 Å². The molecule has 0 bridgehead atoms. The molecule has 0 heterocycles. The highest BCUT2D eigenvalue weighted by atomic mass is 15.2. The number of nitrogens with zero attached hydrogens (tertiary/aromatic N) is 1. The molecular formula is C13H30N2. The highest BCUT2D eigenvalue weighted by molar-refractivity contribution is 4.73. The fourth-order valence-corrected chi connectivity index (χ4v) is 1.96. The van der Waals surface area contributed by atoms with Gasteiger partial charge in [-0.1, -0.05) is 47.0 Å². The molecule has 2 N–H and O–H groups in total. The van der Waals surface area contributed by atoms with Crippen LogP contribution in [0.1, 0.15) is 53.4 Å². The Morgan fingerprint density at radius 3 is 2.27 bits per heavy atom. The Morgan fingerprint density at radius 2 is 1.87 bits per heavy atom. The van der Waals surface area contributed by atoms with E-state index < -0.39 is 0 Å². The summed E-state index contributed by atoms with van der Waals surface area (Å²) in [5.74, 6) is 0.792. The van der Waals surface area contributed by atoms with Gasteiger partial charge in [0, 0.05) is 19.1 Å². The van der Waals surface area contributed by atoms with Crippen LogP contribution in [-0.4, -0.2) is 30.6 Å². The zero-order chi connectivity index (χ0) is 11.7. The van der Waals surface area contributed by atoms with Gasteiger partial charge in [-0.2, -0.15) is 0 Å². The quantitative estimate of drug-likeness (QED) is 0.639. The summed E-state index contributed by atoms with van der Waals surface area (Å²) in [5.41, 5.74) is 5.87. The molecule has 0 fully saturated rings. The first-order valence-corrected chi connectivity index (χ1v) is 6.63. The van der Waals surface area contributed by atoms with Crippen molar-refractivity contribution in [3.8, 4) is 0 Å². The molecule has 0 aromatic rings. The van der Waals surface area contributed by atoms with E-state index >= 15 is 0 Å². The van der Waals surface area contributed by atoms with E-state index in [4.69, 9.17) is 5.73 Å². The first-order chi connectivity index (χ1) is 7.19. The molecule has 2 atom stereocenters. The van der Waals surface area contributed by atoms with Gasteiger partial charge in [0.15, 0.2) is 0 Å². The van der Waals surface area contributed by atoms with Crippen LogP contribution in [0.25, 0.3) is 0 Å². The van der Waals surface area contributed by atoms with Crippen molar-refractivity contribution < 1.29 is 0 Å². The number of likely N-dealkylation sites (N-methyl/N-ethyl adjacent to an activating group) is 1. The minimum absolute atomic E-state index is 0.601. The molecule has 0 aliphatic carbocycles. The van der Waals surface area contributed by atoms with Crippen LogP contribution in [0.3, 0.4) is 0 Å². The first kappa shape index (κ1) is 14.9. The monoisotopic (exact) mass is 214 g/mol. The summed E-state index contributed by atoms with van der Waals surface area (Å²) in [6, 6.07) is 0.601. The van der Waals surface area contributed by atoms with Crippen molar-refractivity contribution in [1.82, 2.24) is 4.90 Å². The third-order valence-corrected chi connectivity index (χ3v) is 3.33. The lowest BCUT2D eigenvalue weighted by Crippen LogP contribution is -2.42. The van der Waals surface area contributed by atoms with Gasteiger partial charge in [-0.25, -0.2) is 0 Å². The van der Waals surface area contributed by atoms with Gasteiger partial charge in [-0.05, 0) is 18.9 Å². The first-order valence-electron chi connectivity index (χ1n) is 6.63. The Kier molecular flexibility index (Phi) is 9.12. The molecule has 0 aliphatic heterocycles. The molecule has 0 aromatic carbocycles. The van der Waals surface area contributed by atoms with Gasteiger partial charge < -0.3 is 5.73 Å². The van der Waals surface area contributed by atoms with E-state index in [2.05, 4.69) is 32.6 Å². The van der Waals surface area contributed by atoms with Crippen LogP contribution in [0.15, 0.2) is 0 Å². The highest BCUT2D eigenvalue weighted by Crippen LogP contribution is 2.12. The third kappa shape index (κ3) is 6.16. The maximum Gasteiger partial charge on any atom is 0.0218 e. The van der Waals surface area contributed by atoms with E-state index in [1.54, 1.807) is 0 Å². The Hall–Kier alpha value is -0.0800. The zero-order valence-electron chi connectivity index (χ0n) is 11.1. The summed E-state index contributed by atoms with van der Waals surface area (Å²) < 4.78 is 0. The highest BCUT2D eigenvalue weighted by Gasteiger charge is 2.16. The summed E-state index contributed by atoms with van der Waals surface area (Å²) in [4.78, 5) is 2.56. The molecule has 15 heavy (non-hydrogen) atoms. The van der Waals surface area contributed by atoms with Crippen molar-refractivity contribution in [2.75, 3.05) is 19.6 Å². The van der Waals surface area contributed by atoms with Crippen molar-refractivity contribution in [2.24, 2.45) is 11.7 Å². The lowest BCUT2D eigenvalue weighted by Gasteiger charge is -2.31. The van der Waals surface area contributed by atoms with E-state index in [1.165, 1.54) is 32.2 Å². The standard InChI is InChI=1S/C13H30N2/c1-5-8-9-13(10-14)15(7-3)11-12(4)6-2/h12-13H,5-11,14H2,1-4H3. The number of hydrogen-bond acceptors (Lipinski definition) is 2. The van der Waals surface area contributed by atoms with E-state index in [0.717, 1.165) is 19.0 Å². The summed E-state index contributed by atoms with van der Waals surface area (Å²) >= 11 is 0.